The molecule has 12 nitrogen and oxygen atoms in total. The minimum absolute atomic E-state index is 0.0669. The molecule has 0 aliphatic carbocycles. The highest BCUT2D eigenvalue weighted by atomic mass is 28.4. The number of hydrogen-bond donors (Lipinski definition) is 0. The lowest BCUT2D eigenvalue weighted by Gasteiger charge is -2.40. The number of aromatic nitrogens is 2. The Labute approximate surface area is 269 Å². The van der Waals surface area contributed by atoms with Gasteiger partial charge in [-0.2, -0.15) is 0 Å². The van der Waals surface area contributed by atoms with Crippen LogP contribution in [0.1, 0.15) is 48.7 Å². The fraction of sp³-hybridized carbons (Fsp3) is 0.424. The first-order valence-electron chi connectivity index (χ1n) is 15.0. The second-order valence-corrected chi connectivity index (χ2v) is 17.8. The van der Waals surface area contributed by atoms with Gasteiger partial charge in [0.25, 0.3) is 17.2 Å². The van der Waals surface area contributed by atoms with E-state index in [1.165, 1.54) is 42.0 Å². The van der Waals surface area contributed by atoms with Crippen molar-refractivity contribution in [2.75, 3.05) is 20.3 Å². The third-order valence-corrected chi connectivity index (χ3v) is 13.4. The van der Waals surface area contributed by atoms with Crippen molar-refractivity contribution in [3.63, 3.8) is 0 Å². The Hall–Kier alpha value is -4.49. The molecular weight excluding hydrogens is 608 g/mol. The van der Waals surface area contributed by atoms with E-state index in [9.17, 15) is 24.5 Å². The van der Waals surface area contributed by atoms with Gasteiger partial charge in [0.05, 0.1) is 36.3 Å². The number of nitrogens with zero attached hydrogens (tertiary/aromatic N) is 4. The Kier molecular flexibility index (Phi) is 10.1. The maximum Gasteiger partial charge on any atom is 0.330 e. The number of nitro groups is 1. The van der Waals surface area contributed by atoms with E-state index in [4.69, 9.17) is 13.9 Å². The summed E-state index contributed by atoms with van der Waals surface area (Å²) in [5.74, 6) is -0.258. The van der Waals surface area contributed by atoms with Crippen molar-refractivity contribution >= 4 is 25.5 Å². The summed E-state index contributed by atoms with van der Waals surface area (Å²) in [4.78, 5) is 52.9. The molecule has 2 heterocycles. The van der Waals surface area contributed by atoms with Gasteiger partial charge in [0.15, 0.2) is 19.8 Å². The van der Waals surface area contributed by atoms with Crippen molar-refractivity contribution < 1.29 is 23.6 Å². The summed E-state index contributed by atoms with van der Waals surface area (Å²) >= 11 is 0. The third-order valence-electron chi connectivity index (χ3n) is 8.87. The molecule has 1 atom stereocenters. The number of nitro benzene ring substituents is 1. The molecule has 1 aliphatic rings. The van der Waals surface area contributed by atoms with Crippen LogP contribution in [0.4, 0.5) is 5.69 Å². The van der Waals surface area contributed by atoms with Gasteiger partial charge < -0.3 is 23.4 Å². The summed E-state index contributed by atoms with van der Waals surface area (Å²) in [5.41, 5.74) is 0.422. The minimum atomic E-state index is -2.27. The van der Waals surface area contributed by atoms with Crippen molar-refractivity contribution in [2.45, 2.75) is 58.0 Å². The molecular formula is C33H42N4O8Si. The first-order chi connectivity index (χ1) is 21.6. The quantitative estimate of drug-likeness (QED) is 0.172. The highest BCUT2D eigenvalue weighted by Gasteiger charge is 2.40. The van der Waals surface area contributed by atoms with E-state index in [0.29, 0.717) is 11.1 Å². The Morgan fingerprint density at radius 2 is 1.76 bits per heavy atom. The van der Waals surface area contributed by atoms with E-state index in [-0.39, 0.29) is 48.3 Å². The van der Waals surface area contributed by atoms with Crippen LogP contribution in [0.2, 0.25) is 18.1 Å². The monoisotopic (exact) mass is 650 g/mol. The van der Waals surface area contributed by atoms with Crippen LogP contribution in [0.5, 0.6) is 11.5 Å². The Morgan fingerprint density at radius 1 is 1.09 bits per heavy atom. The molecule has 0 spiro atoms. The molecule has 1 aromatic heterocycles. The molecule has 3 aromatic rings. The van der Waals surface area contributed by atoms with Gasteiger partial charge in [-0.1, -0.05) is 57.2 Å². The number of methoxy groups -OCH3 is 1. The summed E-state index contributed by atoms with van der Waals surface area (Å²) in [6, 6.07) is 11.3. The van der Waals surface area contributed by atoms with Crippen LogP contribution < -0.4 is 20.7 Å². The van der Waals surface area contributed by atoms with Crippen LogP contribution in [-0.2, 0) is 25.1 Å². The van der Waals surface area contributed by atoms with Gasteiger partial charge in [-0.25, -0.2) is 4.79 Å². The summed E-state index contributed by atoms with van der Waals surface area (Å²) in [6.45, 7) is 10.9. The average Bonchev–Trinajstić information content (AvgIpc) is 3.02. The van der Waals surface area contributed by atoms with Gasteiger partial charge in [-0.3, -0.25) is 24.3 Å². The lowest BCUT2D eigenvalue weighted by molar-refractivity contribution is -0.385. The maximum absolute atomic E-state index is 14.2. The summed E-state index contributed by atoms with van der Waals surface area (Å²) in [6.07, 6.45) is 3.50. The van der Waals surface area contributed by atoms with Gasteiger partial charge in [0.1, 0.15) is 12.2 Å². The van der Waals surface area contributed by atoms with Crippen LogP contribution in [0.15, 0.2) is 64.3 Å². The van der Waals surface area contributed by atoms with Gasteiger partial charge in [0.2, 0.25) is 0 Å². The van der Waals surface area contributed by atoms with Crippen LogP contribution >= 0.6 is 0 Å². The third kappa shape index (κ3) is 7.15. The lowest BCUT2D eigenvalue weighted by atomic mass is 9.95. The Bertz CT molecular complexity index is 1770. The van der Waals surface area contributed by atoms with E-state index in [1.54, 1.807) is 13.1 Å². The second-order valence-electron chi connectivity index (χ2n) is 13.0. The molecule has 0 saturated carbocycles. The molecule has 1 amide bonds. The van der Waals surface area contributed by atoms with Crippen molar-refractivity contribution in [2.24, 2.45) is 14.1 Å². The zero-order chi connectivity index (χ0) is 34.0. The first kappa shape index (κ1) is 34.4. The fourth-order valence-corrected chi connectivity index (χ4v) is 6.05. The highest BCUT2D eigenvalue weighted by Crippen LogP contribution is 2.39. The zero-order valence-corrected chi connectivity index (χ0v) is 28.7. The van der Waals surface area contributed by atoms with Gasteiger partial charge in [-0.05, 0) is 35.7 Å². The maximum atomic E-state index is 14.2. The second kappa shape index (κ2) is 13.5. The number of hydrogen-bond acceptors (Lipinski definition) is 8. The number of amides is 1. The zero-order valence-electron chi connectivity index (χ0n) is 27.7. The number of rotatable bonds is 10. The number of aryl methyl sites for hydroxylation is 1. The molecule has 0 radical (unpaired) electrons. The predicted molar refractivity (Wildman–Crippen MR) is 178 cm³/mol. The summed E-state index contributed by atoms with van der Waals surface area (Å²) in [7, 11) is 2.13. The van der Waals surface area contributed by atoms with E-state index >= 15 is 0 Å². The largest absolute Gasteiger partial charge is 0.493 e. The molecule has 0 N–H and O–H groups in total. The molecule has 0 saturated heterocycles. The topological polar surface area (TPSA) is 135 Å². The Morgan fingerprint density at radius 3 is 2.37 bits per heavy atom. The van der Waals surface area contributed by atoms with E-state index in [0.717, 1.165) is 10.1 Å². The predicted octanol–water partition coefficient (Wildman–Crippen LogP) is 4.90. The van der Waals surface area contributed by atoms with E-state index in [2.05, 4.69) is 33.9 Å². The SMILES string of the molecule is COc1cc(C(=O)N2CC=C(c3cn(C)c(=O)n(C)c3=O)CC2CO[Si](C)(C)C(C)(C)C)c([N+](=O)[O-])cc1OCc1ccccc1. The van der Waals surface area contributed by atoms with Crippen molar-refractivity contribution in [1.82, 2.24) is 14.0 Å². The normalized spacial score (nSPS) is 15.3. The molecule has 1 aliphatic heterocycles. The molecule has 4 rings (SSSR count). The first-order valence-corrected chi connectivity index (χ1v) is 17.9. The van der Waals surface area contributed by atoms with Gasteiger partial charge in [-0.15, -0.1) is 0 Å². The number of carbonyl (C=O) groups is 1. The van der Waals surface area contributed by atoms with Crippen molar-refractivity contribution in [3.8, 4) is 11.5 Å². The van der Waals surface area contributed by atoms with Crippen LogP contribution in [-0.4, -0.2) is 59.5 Å². The molecule has 0 bridgehead atoms. The van der Waals surface area contributed by atoms with Crippen LogP contribution in [0.3, 0.4) is 0 Å². The smallest absolute Gasteiger partial charge is 0.330 e. The fourth-order valence-electron chi connectivity index (χ4n) is 5.01. The number of carbonyl (C=O) groups excluding carboxylic acids is 1. The van der Waals surface area contributed by atoms with Crippen molar-refractivity contribution in [1.29, 1.82) is 0 Å². The van der Waals surface area contributed by atoms with Crippen LogP contribution in [0.25, 0.3) is 5.57 Å². The molecule has 246 valence electrons. The van der Waals surface area contributed by atoms with Gasteiger partial charge in [0, 0.05) is 32.9 Å². The number of benzene rings is 2. The molecule has 1 unspecified atom stereocenters. The van der Waals surface area contributed by atoms with E-state index < -0.39 is 42.1 Å². The minimum Gasteiger partial charge on any atom is -0.493 e. The molecule has 46 heavy (non-hydrogen) atoms. The summed E-state index contributed by atoms with van der Waals surface area (Å²) < 4.78 is 20.3. The van der Waals surface area contributed by atoms with Crippen molar-refractivity contribution in [3.05, 3.63) is 102 Å². The van der Waals surface area contributed by atoms with Crippen LogP contribution in [0, 0.1) is 10.1 Å². The Balaban J connectivity index is 1.74. The van der Waals surface area contributed by atoms with E-state index in [1.807, 2.05) is 30.3 Å². The highest BCUT2D eigenvalue weighted by molar-refractivity contribution is 6.74. The summed E-state index contributed by atoms with van der Waals surface area (Å²) in [5, 5.41) is 12.2. The average molecular weight is 651 g/mol. The van der Waals surface area contributed by atoms with Gasteiger partial charge >= 0.3 is 5.69 Å². The molecule has 0 fully saturated rings. The lowest BCUT2D eigenvalue weighted by Crippen LogP contribution is -2.50. The molecule has 2 aromatic carbocycles. The standard InChI is InChI=1S/C33H42N4O8Si/c1-33(2,3)46(7,8)45-21-24-16-23(26-19-34(4)32(40)35(5)30(26)38)14-15-36(24)31(39)25-17-28(43-6)29(18-27(25)37(41)42)44-20-22-12-10-9-11-13-22/h9-14,17-19,24H,15-16,20-21H2,1-8H3. The number of ether oxygens (including phenoxy) is 2. The molecule has 13 heteroatoms.